The largest absolute Gasteiger partial charge is 0.392 e. The predicted molar refractivity (Wildman–Crippen MR) is 66.8 cm³/mol. The third-order valence-corrected chi connectivity index (χ3v) is 2.88. The Morgan fingerprint density at radius 2 is 2.00 bits per heavy atom. The van der Waals surface area contributed by atoms with E-state index in [1.54, 1.807) is 18.2 Å². The fraction of sp³-hybridized carbons (Fsp3) is 0.455. The van der Waals surface area contributed by atoms with Crippen molar-refractivity contribution in [2.24, 2.45) is 0 Å². The number of aliphatic hydroxyl groups is 3. The Balaban J connectivity index is 2.93. The summed E-state index contributed by atoms with van der Waals surface area (Å²) in [5.41, 5.74) is 1.03. The van der Waals surface area contributed by atoms with E-state index in [2.05, 4.69) is 12.6 Å². The van der Waals surface area contributed by atoms with Gasteiger partial charge in [-0.2, -0.15) is 12.6 Å². The number of rotatable bonds is 5. The molecule has 1 aromatic rings. The fourth-order valence-electron chi connectivity index (χ4n) is 1.50. The summed E-state index contributed by atoms with van der Waals surface area (Å²) < 4.78 is 0. The van der Waals surface area contributed by atoms with Crippen molar-refractivity contribution in [3.63, 3.8) is 0 Å². The van der Waals surface area contributed by atoms with Gasteiger partial charge in [0.25, 0.3) is 0 Å². The highest BCUT2D eigenvalue weighted by molar-refractivity contribution is 7.80. The van der Waals surface area contributed by atoms with E-state index in [1.807, 2.05) is 0 Å². The van der Waals surface area contributed by atoms with Gasteiger partial charge in [0.2, 0.25) is 0 Å². The maximum Gasteiger partial charge on any atom is 0.105 e. The van der Waals surface area contributed by atoms with Gasteiger partial charge in [0.1, 0.15) is 6.10 Å². The highest BCUT2D eigenvalue weighted by atomic mass is 35.5. The molecule has 1 rings (SSSR count). The Kier molecular flexibility index (Phi) is 5.58. The SMILES string of the molecule is OCc1cc(Cl)ccc1C(O)C(O)CCS. The lowest BCUT2D eigenvalue weighted by Crippen LogP contribution is -2.20. The Morgan fingerprint density at radius 3 is 2.56 bits per heavy atom. The molecule has 1 aromatic carbocycles. The van der Waals surface area contributed by atoms with E-state index in [-0.39, 0.29) is 6.61 Å². The van der Waals surface area contributed by atoms with E-state index in [1.165, 1.54) is 0 Å². The molecule has 0 aliphatic heterocycles. The lowest BCUT2D eigenvalue weighted by Gasteiger charge is -2.19. The third kappa shape index (κ3) is 3.37. The molecule has 16 heavy (non-hydrogen) atoms. The van der Waals surface area contributed by atoms with Crippen LogP contribution in [0.1, 0.15) is 23.7 Å². The van der Waals surface area contributed by atoms with Crippen LogP contribution >= 0.6 is 24.2 Å². The number of benzene rings is 1. The second-order valence-corrected chi connectivity index (χ2v) is 4.41. The zero-order valence-electron chi connectivity index (χ0n) is 8.67. The zero-order valence-corrected chi connectivity index (χ0v) is 10.3. The molecule has 5 heteroatoms. The second kappa shape index (κ2) is 6.47. The van der Waals surface area contributed by atoms with E-state index < -0.39 is 12.2 Å². The van der Waals surface area contributed by atoms with Gasteiger partial charge in [-0.25, -0.2) is 0 Å². The average molecular weight is 263 g/mol. The summed E-state index contributed by atoms with van der Waals surface area (Å²) in [5.74, 6) is 0.486. The van der Waals surface area contributed by atoms with Crippen molar-refractivity contribution >= 4 is 24.2 Å². The lowest BCUT2D eigenvalue weighted by molar-refractivity contribution is 0.0161. The average Bonchev–Trinajstić information content (AvgIpc) is 2.28. The Morgan fingerprint density at radius 1 is 1.31 bits per heavy atom. The van der Waals surface area contributed by atoms with Gasteiger partial charge in [-0.1, -0.05) is 17.7 Å². The summed E-state index contributed by atoms with van der Waals surface area (Å²) in [6.45, 7) is -0.222. The van der Waals surface area contributed by atoms with Gasteiger partial charge in [0.15, 0.2) is 0 Å². The number of thiol groups is 1. The van der Waals surface area contributed by atoms with Gasteiger partial charge in [0, 0.05) is 5.02 Å². The van der Waals surface area contributed by atoms with Crippen LogP contribution in [0.15, 0.2) is 18.2 Å². The van der Waals surface area contributed by atoms with Crippen molar-refractivity contribution in [1.82, 2.24) is 0 Å². The first-order chi connectivity index (χ1) is 7.60. The van der Waals surface area contributed by atoms with Crippen LogP contribution in [-0.4, -0.2) is 27.2 Å². The lowest BCUT2D eigenvalue weighted by atomic mass is 9.98. The molecule has 0 saturated carbocycles. The predicted octanol–water partition coefficient (Wildman–Crippen LogP) is 1.55. The first kappa shape index (κ1) is 13.8. The standard InChI is InChI=1S/C11H15ClO3S/c12-8-1-2-9(7(5-8)6-13)11(15)10(14)3-4-16/h1-2,5,10-11,13-16H,3-4,6H2. The number of hydrogen-bond acceptors (Lipinski definition) is 4. The van der Waals surface area contributed by atoms with Crippen LogP contribution in [0.2, 0.25) is 5.02 Å². The summed E-state index contributed by atoms with van der Waals surface area (Å²) in [7, 11) is 0. The minimum absolute atomic E-state index is 0.222. The second-order valence-electron chi connectivity index (χ2n) is 3.53. The van der Waals surface area contributed by atoms with Crippen LogP contribution < -0.4 is 0 Å². The van der Waals surface area contributed by atoms with Crippen molar-refractivity contribution in [2.45, 2.75) is 25.2 Å². The summed E-state index contributed by atoms with van der Waals surface area (Å²) in [4.78, 5) is 0. The quantitative estimate of drug-likeness (QED) is 0.609. The topological polar surface area (TPSA) is 60.7 Å². The van der Waals surface area contributed by atoms with Gasteiger partial charge in [-0.05, 0) is 35.4 Å². The van der Waals surface area contributed by atoms with E-state index in [4.69, 9.17) is 16.7 Å². The van der Waals surface area contributed by atoms with Gasteiger partial charge in [-0.3, -0.25) is 0 Å². The van der Waals surface area contributed by atoms with E-state index >= 15 is 0 Å². The smallest absolute Gasteiger partial charge is 0.105 e. The van der Waals surface area contributed by atoms with E-state index in [0.29, 0.717) is 28.3 Å². The molecule has 3 nitrogen and oxygen atoms in total. The van der Waals surface area contributed by atoms with Crippen LogP contribution in [0.5, 0.6) is 0 Å². The van der Waals surface area contributed by atoms with Crippen molar-refractivity contribution in [2.75, 3.05) is 5.75 Å². The minimum atomic E-state index is -1.02. The van der Waals surface area contributed by atoms with Gasteiger partial charge >= 0.3 is 0 Å². The van der Waals surface area contributed by atoms with Crippen molar-refractivity contribution in [3.05, 3.63) is 34.3 Å². The highest BCUT2D eigenvalue weighted by Crippen LogP contribution is 2.25. The highest BCUT2D eigenvalue weighted by Gasteiger charge is 2.20. The van der Waals surface area contributed by atoms with E-state index in [0.717, 1.165) is 0 Å². The summed E-state index contributed by atoms with van der Waals surface area (Å²) in [5, 5.41) is 29.2. The van der Waals surface area contributed by atoms with Crippen LogP contribution in [0.3, 0.4) is 0 Å². The maximum absolute atomic E-state index is 9.88. The molecule has 0 fully saturated rings. The normalized spacial score (nSPS) is 14.8. The van der Waals surface area contributed by atoms with Crippen LogP contribution in [0.25, 0.3) is 0 Å². The molecule has 2 atom stereocenters. The summed E-state index contributed by atoms with van der Waals surface area (Å²) in [6, 6.07) is 4.81. The Labute approximate surface area is 105 Å². The maximum atomic E-state index is 9.88. The molecular weight excluding hydrogens is 248 g/mol. The summed E-state index contributed by atoms with van der Waals surface area (Å²) in [6.07, 6.45) is -1.52. The number of halogens is 1. The molecule has 0 spiro atoms. The molecule has 0 aliphatic rings. The van der Waals surface area contributed by atoms with Crippen LogP contribution in [0.4, 0.5) is 0 Å². The monoisotopic (exact) mass is 262 g/mol. The van der Waals surface area contributed by atoms with Gasteiger partial charge < -0.3 is 15.3 Å². The van der Waals surface area contributed by atoms with Crippen molar-refractivity contribution in [1.29, 1.82) is 0 Å². The van der Waals surface area contributed by atoms with Crippen molar-refractivity contribution in [3.8, 4) is 0 Å². The Bertz CT molecular complexity index is 346. The molecule has 3 N–H and O–H groups in total. The number of hydrogen-bond donors (Lipinski definition) is 4. The molecule has 0 amide bonds. The first-order valence-corrected chi connectivity index (χ1v) is 5.97. The van der Waals surface area contributed by atoms with Crippen LogP contribution in [0, 0.1) is 0 Å². The molecule has 90 valence electrons. The third-order valence-electron chi connectivity index (χ3n) is 2.38. The minimum Gasteiger partial charge on any atom is -0.392 e. The molecule has 2 unspecified atom stereocenters. The molecule has 0 radical (unpaired) electrons. The molecular formula is C11H15ClO3S. The Hall–Kier alpha value is -0.260. The molecule has 0 aromatic heterocycles. The molecule has 0 heterocycles. The fourth-order valence-corrected chi connectivity index (χ4v) is 1.96. The molecule has 0 bridgehead atoms. The number of aliphatic hydroxyl groups excluding tert-OH is 3. The van der Waals surface area contributed by atoms with E-state index in [9.17, 15) is 10.2 Å². The first-order valence-electron chi connectivity index (χ1n) is 4.96. The zero-order chi connectivity index (χ0) is 12.1. The molecule has 0 aliphatic carbocycles. The van der Waals surface area contributed by atoms with Gasteiger partial charge in [-0.15, -0.1) is 0 Å². The van der Waals surface area contributed by atoms with Crippen LogP contribution in [-0.2, 0) is 6.61 Å². The van der Waals surface area contributed by atoms with Crippen molar-refractivity contribution < 1.29 is 15.3 Å². The van der Waals surface area contributed by atoms with Gasteiger partial charge in [0.05, 0.1) is 12.7 Å². The summed E-state index contributed by atoms with van der Waals surface area (Å²) >= 11 is 9.76. The molecule has 0 saturated heterocycles.